The lowest BCUT2D eigenvalue weighted by Gasteiger charge is -2.10. The molecule has 2 aromatic rings. The van der Waals surface area contributed by atoms with Crippen LogP contribution in [0.5, 0.6) is 0 Å². The zero-order chi connectivity index (χ0) is 11.8. The van der Waals surface area contributed by atoms with Gasteiger partial charge in [0.15, 0.2) is 0 Å². The van der Waals surface area contributed by atoms with E-state index in [2.05, 4.69) is 20.6 Å². The Balaban J connectivity index is 2.06. The molecule has 3 rings (SSSR count). The van der Waals surface area contributed by atoms with Crippen molar-refractivity contribution in [1.29, 1.82) is 0 Å². The standard InChI is InChI=1S/C12H12ClN3O/c13-12-14-6-9-3-4-16(11(9)15-12)10-2-1-8(5-10)7-17/h3-6,10,17H,1-2,7H2. The Morgan fingerprint density at radius 3 is 3.18 bits per heavy atom. The third-order valence-electron chi connectivity index (χ3n) is 3.18. The fourth-order valence-corrected chi connectivity index (χ4v) is 2.44. The van der Waals surface area contributed by atoms with Crippen molar-refractivity contribution in [2.45, 2.75) is 18.9 Å². The SMILES string of the molecule is OCC1=CC(n2ccc3cnc(Cl)nc32)CC1. The second-order valence-corrected chi connectivity index (χ2v) is 4.57. The van der Waals surface area contributed by atoms with Crippen LogP contribution in [0.4, 0.5) is 0 Å². The number of aromatic nitrogens is 3. The Hall–Kier alpha value is -1.39. The predicted molar refractivity (Wildman–Crippen MR) is 66.0 cm³/mol. The van der Waals surface area contributed by atoms with Gasteiger partial charge in [-0.25, -0.2) is 4.98 Å². The molecule has 1 unspecified atom stereocenters. The van der Waals surface area contributed by atoms with Crippen LogP contribution in [0, 0.1) is 0 Å². The van der Waals surface area contributed by atoms with Gasteiger partial charge in [-0.1, -0.05) is 6.08 Å². The number of fused-ring (bicyclic) bond motifs is 1. The van der Waals surface area contributed by atoms with E-state index in [4.69, 9.17) is 16.7 Å². The Morgan fingerprint density at radius 2 is 2.41 bits per heavy atom. The van der Waals surface area contributed by atoms with E-state index < -0.39 is 0 Å². The molecule has 1 N–H and O–H groups in total. The molecular weight excluding hydrogens is 238 g/mol. The van der Waals surface area contributed by atoms with E-state index in [1.54, 1.807) is 6.20 Å². The summed E-state index contributed by atoms with van der Waals surface area (Å²) >= 11 is 5.82. The first kappa shape index (κ1) is 10.7. The van der Waals surface area contributed by atoms with Crippen molar-refractivity contribution in [2.24, 2.45) is 0 Å². The largest absolute Gasteiger partial charge is 0.392 e. The second-order valence-electron chi connectivity index (χ2n) is 4.23. The highest BCUT2D eigenvalue weighted by molar-refractivity contribution is 6.28. The average Bonchev–Trinajstić information content (AvgIpc) is 2.93. The lowest BCUT2D eigenvalue weighted by atomic mass is 10.2. The van der Waals surface area contributed by atoms with E-state index in [1.807, 2.05) is 12.3 Å². The molecule has 0 aliphatic heterocycles. The summed E-state index contributed by atoms with van der Waals surface area (Å²) in [5, 5.41) is 10.4. The van der Waals surface area contributed by atoms with Gasteiger partial charge in [0.2, 0.25) is 5.28 Å². The summed E-state index contributed by atoms with van der Waals surface area (Å²) in [6.07, 6.45) is 7.78. The van der Waals surface area contributed by atoms with Crippen molar-refractivity contribution in [1.82, 2.24) is 14.5 Å². The molecule has 0 bridgehead atoms. The molecule has 0 saturated heterocycles. The summed E-state index contributed by atoms with van der Waals surface area (Å²) in [5.74, 6) is 0. The lowest BCUT2D eigenvalue weighted by Crippen LogP contribution is -2.03. The number of hydrogen-bond donors (Lipinski definition) is 1. The highest BCUT2D eigenvalue weighted by Gasteiger charge is 2.18. The van der Waals surface area contributed by atoms with Gasteiger partial charge in [0.1, 0.15) is 5.65 Å². The van der Waals surface area contributed by atoms with Crippen LogP contribution >= 0.6 is 11.6 Å². The summed E-state index contributed by atoms with van der Waals surface area (Å²) < 4.78 is 2.09. The molecule has 0 saturated carbocycles. The molecule has 1 aliphatic carbocycles. The zero-order valence-electron chi connectivity index (χ0n) is 9.17. The van der Waals surface area contributed by atoms with Crippen molar-refractivity contribution in [3.05, 3.63) is 35.4 Å². The zero-order valence-corrected chi connectivity index (χ0v) is 9.93. The smallest absolute Gasteiger partial charge is 0.224 e. The van der Waals surface area contributed by atoms with Crippen LogP contribution in [-0.2, 0) is 0 Å². The van der Waals surface area contributed by atoms with Crippen LogP contribution in [0.15, 0.2) is 30.1 Å². The van der Waals surface area contributed by atoms with Crippen LogP contribution in [0.1, 0.15) is 18.9 Å². The second kappa shape index (κ2) is 4.13. The van der Waals surface area contributed by atoms with E-state index >= 15 is 0 Å². The molecule has 0 radical (unpaired) electrons. The monoisotopic (exact) mass is 249 g/mol. The molecule has 0 amide bonds. The summed E-state index contributed by atoms with van der Waals surface area (Å²) in [7, 11) is 0. The maximum absolute atomic E-state index is 9.11. The van der Waals surface area contributed by atoms with Gasteiger partial charge in [-0.15, -0.1) is 0 Å². The fraction of sp³-hybridized carbons (Fsp3) is 0.333. The Labute approximate surface area is 104 Å². The number of halogens is 1. The quantitative estimate of drug-likeness (QED) is 0.657. The van der Waals surface area contributed by atoms with E-state index in [-0.39, 0.29) is 17.9 Å². The van der Waals surface area contributed by atoms with Gasteiger partial charge in [-0.2, -0.15) is 4.98 Å². The minimum atomic E-state index is 0.144. The van der Waals surface area contributed by atoms with Gasteiger partial charge in [-0.3, -0.25) is 0 Å². The van der Waals surface area contributed by atoms with Crippen LogP contribution in [-0.4, -0.2) is 26.2 Å². The highest BCUT2D eigenvalue weighted by Crippen LogP contribution is 2.30. The van der Waals surface area contributed by atoms with Crippen molar-refractivity contribution in [3.63, 3.8) is 0 Å². The number of nitrogens with zero attached hydrogens (tertiary/aromatic N) is 3. The van der Waals surface area contributed by atoms with E-state index in [1.165, 1.54) is 0 Å². The van der Waals surface area contributed by atoms with Gasteiger partial charge in [0, 0.05) is 17.8 Å². The van der Waals surface area contributed by atoms with Crippen molar-refractivity contribution in [3.8, 4) is 0 Å². The molecule has 2 aromatic heterocycles. The van der Waals surface area contributed by atoms with E-state index in [0.29, 0.717) is 0 Å². The number of rotatable bonds is 2. The fourth-order valence-electron chi connectivity index (χ4n) is 2.31. The molecule has 88 valence electrons. The maximum Gasteiger partial charge on any atom is 0.224 e. The van der Waals surface area contributed by atoms with Crippen LogP contribution < -0.4 is 0 Å². The molecule has 1 atom stereocenters. The molecule has 1 aliphatic rings. The molecule has 0 aromatic carbocycles. The number of hydrogen-bond acceptors (Lipinski definition) is 3. The summed E-state index contributed by atoms with van der Waals surface area (Å²) in [5.41, 5.74) is 1.95. The average molecular weight is 250 g/mol. The van der Waals surface area contributed by atoms with Gasteiger partial charge in [-0.05, 0) is 36.1 Å². The third-order valence-corrected chi connectivity index (χ3v) is 3.36. The third kappa shape index (κ3) is 1.83. The molecule has 0 fully saturated rings. The molecule has 2 heterocycles. The Kier molecular flexibility index (Phi) is 2.61. The maximum atomic E-state index is 9.11. The van der Waals surface area contributed by atoms with Crippen LogP contribution in [0.2, 0.25) is 5.28 Å². The van der Waals surface area contributed by atoms with Gasteiger partial charge >= 0.3 is 0 Å². The first-order valence-electron chi connectivity index (χ1n) is 5.57. The first-order chi connectivity index (χ1) is 8.28. The number of aliphatic hydroxyl groups excluding tert-OH is 1. The summed E-state index contributed by atoms with van der Waals surface area (Å²) in [6.45, 7) is 0.144. The first-order valence-corrected chi connectivity index (χ1v) is 5.95. The van der Waals surface area contributed by atoms with Gasteiger partial charge in [0.25, 0.3) is 0 Å². The van der Waals surface area contributed by atoms with Crippen molar-refractivity contribution in [2.75, 3.05) is 6.61 Å². The highest BCUT2D eigenvalue weighted by atomic mass is 35.5. The van der Waals surface area contributed by atoms with E-state index in [9.17, 15) is 0 Å². The number of aliphatic hydroxyl groups is 1. The summed E-state index contributed by atoms with van der Waals surface area (Å²) in [6, 6.07) is 2.25. The molecule has 4 nitrogen and oxygen atoms in total. The molecule has 17 heavy (non-hydrogen) atoms. The summed E-state index contributed by atoms with van der Waals surface area (Å²) in [4.78, 5) is 8.22. The van der Waals surface area contributed by atoms with Gasteiger partial charge in [0.05, 0.1) is 12.6 Å². The van der Waals surface area contributed by atoms with E-state index in [0.717, 1.165) is 29.4 Å². The Morgan fingerprint density at radius 1 is 1.53 bits per heavy atom. The number of allylic oxidation sites excluding steroid dienone is 1. The van der Waals surface area contributed by atoms with Gasteiger partial charge < -0.3 is 9.67 Å². The molecule has 5 heteroatoms. The Bertz CT molecular complexity index is 590. The topological polar surface area (TPSA) is 50.9 Å². The van der Waals surface area contributed by atoms with Crippen LogP contribution in [0.3, 0.4) is 0 Å². The molecular formula is C12H12ClN3O. The van der Waals surface area contributed by atoms with Crippen molar-refractivity contribution >= 4 is 22.6 Å². The van der Waals surface area contributed by atoms with Crippen LogP contribution in [0.25, 0.3) is 11.0 Å². The minimum Gasteiger partial charge on any atom is -0.392 e. The molecule has 0 spiro atoms. The minimum absolute atomic E-state index is 0.144. The lowest BCUT2D eigenvalue weighted by molar-refractivity contribution is 0.328. The van der Waals surface area contributed by atoms with Crippen molar-refractivity contribution < 1.29 is 5.11 Å². The normalized spacial score (nSPS) is 19.9. The predicted octanol–water partition coefficient (Wildman–Crippen LogP) is 2.34.